The molecule has 1 atom stereocenters. The van der Waals surface area contributed by atoms with E-state index in [0.29, 0.717) is 5.78 Å². The van der Waals surface area contributed by atoms with E-state index in [0.717, 1.165) is 36.8 Å². The number of hydrogen-bond donors (Lipinski definition) is 0. The molecule has 1 fully saturated rings. The van der Waals surface area contributed by atoms with E-state index in [1.165, 1.54) is 5.56 Å². The second kappa shape index (κ2) is 5.78. The molecule has 0 amide bonds. The number of hydrogen-bond acceptors (Lipinski definition) is 2. The fraction of sp³-hybridized carbons (Fsp3) is 0.500. The molecule has 1 aliphatic rings. The molecule has 0 heterocycles. The molecule has 2 rings (SSSR count). The lowest BCUT2D eigenvalue weighted by molar-refractivity contribution is -0.121. The highest BCUT2D eigenvalue weighted by Crippen LogP contribution is 2.22. The van der Waals surface area contributed by atoms with Crippen molar-refractivity contribution in [3.05, 3.63) is 34.3 Å². The Bertz CT molecular complexity index is 405. The van der Waals surface area contributed by atoms with Crippen LogP contribution in [0, 0.1) is 5.92 Å². The third-order valence-corrected chi connectivity index (χ3v) is 3.80. The van der Waals surface area contributed by atoms with Gasteiger partial charge >= 0.3 is 0 Å². The van der Waals surface area contributed by atoms with Gasteiger partial charge in [0.1, 0.15) is 5.78 Å². The van der Waals surface area contributed by atoms with E-state index in [4.69, 9.17) is 0 Å². The molecule has 0 aromatic heterocycles. The van der Waals surface area contributed by atoms with Gasteiger partial charge in [-0.1, -0.05) is 28.1 Å². The number of benzene rings is 1. The highest BCUT2D eigenvalue weighted by molar-refractivity contribution is 9.10. The molecule has 1 aromatic carbocycles. The van der Waals surface area contributed by atoms with Gasteiger partial charge in [0.15, 0.2) is 0 Å². The molecular formula is C14H18BrNO. The van der Waals surface area contributed by atoms with Crippen molar-refractivity contribution >= 4 is 21.7 Å². The topological polar surface area (TPSA) is 20.3 Å². The minimum Gasteiger partial charge on any atom is -0.301 e. The lowest BCUT2D eigenvalue weighted by atomic mass is 10.1. The van der Waals surface area contributed by atoms with Crippen molar-refractivity contribution in [3.63, 3.8) is 0 Å². The first-order valence-corrected chi connectivity index (χ1v) is 6.90. The Morgan fingerprint density at radius 2 is 2.29 bits per heavy atom. The first-order valence-electron chi connectivity index (χ1n) is 6.11. The third kappa shape index (κ3) is 3.65. The molecule has 0 radical (unpaired) electrons. The molecular weight excluding hydrogens is 278 g/mol. The standard InChI is InChI=1S/C14H18BrNO/c1-16(10-12-5-3-7-14(12)17)9-11-4-2-6-13(15)8-11/h2,4,6,8,12H,3,5,7,9-10H2,1H3. The molecule has 92 valence electrons. The number of ketones is 1. The number of Topliss-reactive ketones (excluding diaryl/α,β-unsaturated/α-hetero) is 1. The Hall–Kier alpha value is -0.670. The van der Waals surface area contributed by atoms with Crippen molar-refractivity contribution in [2.75, 3.05) is 13.6 Å². The van der Waals surface area contributed by atoms with Gasteiger partial charge in [0.05, 0.1) is 0 Å². The molecule has 1 aliphatic carbocycles. The summed E-state index contributed by atoms with van der Waals surface area (Å²) < 4.78 is 1.11. The quantitative estimate of drug-likeness (QED) is 0.850. The van der Waals surface area contributed by atoms with Crippen LogP contribution in [-0.2, 0) is 11.3 Å². The number of carbonyl (C=O) groups is 1. The Morgan fingerprint density at radius 3 is 2.94 bits per heavy atom. The molecule has 0 saturated heterocycles. The molecule has 0 bridgehead atoms. The van der Waals surface area contributed by atoms with Crippen LogP contribution in [0.5, 0.6) is 0 Å². The second-order valence-corrected chi connectivity index (χ2v) is 5.80. The van der Waals surface area contributed by atoms with Gasteiger partial charge in [-0.15, -0.1) is 0 Å². The molecule has 1 unspecified atom stereocenters. The van der Waals surface area contributed by atoms with E-state index in [-0.39, 0.29) is 5.92 Å². The van der Waals surface area contributed by atoms with E-state index >= 15 is 0 Å². The maximum atomic E-state index is 11.6. The van der Waals surface area contributed by atoms with Gasteiger partial charge < -0.3 is 4.90 Å². The van der Waals surface area contributed by atoms with Crippen LogP contribution >= 0.6 is 15.9 Å². The van der Waals surface area contributed by atoms with Gasteiger partial charge in [0.2, 0.25) is 0 Å². The van der Waals surface area contributed by atoms with Crippen LogP contribution in [0.15, 0.2) is 28.7 Å². The van der Waals surface area contributed by atoms with Gasteiger partial charge in [0.25, 0.3) is 0 Å². The van der Waals surface area contributed by atoms with E-state index in [1.807, 2.05) is 12.1 Å². The van der Waals surface area contributed by atoms with Crippen LogP contribution in [0.2, 0.25) is 0 Å². The predicted octanol–water partition coefficient (Wildman–Crippen LogP) is 3.25. The minimum absolute atomic E-state index is 0.271. The predicted molar refractivity (Wildman–Crippen MR) is 72.8 cm³/mol. The van der Waals surface area contributed by atoms with Crippen LogP contribution in [0.25, 0.3) is 0 Å². The van der Waals surface area contributed by atoms with Crippen LogP contribution in [0.1, 0.15) is 24.8 Å². The smallest absolute Gasteiger partial charge is 0.137 e. The van der Waals surface area contributed by atoms with Crippen molar-refractivity contribution in [3.8, 4) is 0 Å². The lowest BCUT2D eigenvalue weighted by Crippen LogP contribution is -2.27. The zero-order chi connectivity index (χ0) is 12.3. The van der Waals surface area contributed by atoms with Gasteiger partial charge in [-0.05, 0) is 37.6 Å². The highest BCUT2D eigenvalue weighted by Gasteiger charge is 2.25. The summed E-state index contributed by atoms with van der Waals surface area (Å²) in [4.78, 5) is 13.8. The Labute approximate surface area is 111 Å². The van der Waals surface area contributed by atoms with E-state index in [1.54, 1.807) is 0 Å². The second-order valence-electron chi connectivity index (χ2n) is 4.88. The summed E-state index contributed by atoms with van der Waals surface area (Å²) in [5.74, 6) is 0.721. The largest absolute Gasteiger partial charge is 0.301 e. The highest BCUT2D eigenvalue weighted by atomic mass is 79.9. The number of nitrogens with zero attached hydrogens (tertiary/aromatic N) is 1. The van der Waals surface area contributed by atoms with Crippen LogP contribution in [-0.4, -0.2) is 24.3 Å². The maximum absolute atomic E-state index is 11.6. The zero-order valence-electron chi connectivity index (χ0n) is 10.2. The van der Waals surface area contributed by atoms with Crippen LogP contribution in [0.3, 0.4) is 0 Å². The molecule has 0 spiro atoms. The normalized spacial score (nSPS) is 20.2. The fourth-order valence-electron chi connectivity index (χ4n) is 2.47. The molecule has 2 nitrogen and oxygen atoms in total. The molecule has 1 saturated carbocycles. The average Bonchev–Trinajstić information content (AvgIpc) is 2.64. The summed E-state index contributed by atoms with van der Waals surface area (Å²) in [6, 6.07) is 8.34. The minimum atomic E-state index is 0.271. The number of rotatable bonds is 4. The SMILES string of the molecule is CN(Cc1cccc(Br)c1)CC1CCCC1=O. The monoisotopic (exact) mass is 295 g/mol. The van der Waals surface area contributed by atoms with E-state index in [2.05, 4.69) is 40.0 Å². The van der Waals surface area contributed by atoms with Gasteiger partial charge in [-0.2, -0.15) is 0 Å². The first kappa shape index (κ1) is 12.8. The fourth-order valence-corrected chi connectivity index (χ4v) is 2.92. The van der Waals surface area contributed by atoms with E-state index in [9.17, 15) is 4.79 Å². The first-order chi connectivity index (χ1) is 8.15. The Kier molecular flexibility index (Phi) is 4.35. The zero-order valence-corrected chi connectivity index (χ0v) is 11.7. The Morgan fingerprint density at radius 1 is 1.47 bits per heavy atom. The van der Waals surface area contributed by atoms with Crippen molar-refractivity contribution in [2.45, 2.75) is 25.8 Å². The maximum Gasteiger partial charge on any atom is 0.137 e. The summed E-state index contributed by atoms with van der Waals surface area (Å²) in [7, 11) is 2.09. The van der Waals surface area contributed by atoms with Crippen LogP contribution < -0.4 is 0 Å². The van der Waals surface area contributed by atoms with E-state index < -0.39 is 0 Å². The van der Waals surface area contributed by atoms with Crippen LogP contribution in [0.4, 0.5) is 0 Å². The Balaban J connectivity index is 1.88. The summed E-state index contributed by atoms with van der Waals surface area (Å²) in [6.07, 6.45) is 2.94. The summed E-state index contributed by atoms with van der Waals surface area (Å²) >= 11 is 3.48. The van der Waals surface area contributed by atoms with Gasteiger partial charge in [-0.25, -0.2) is 0 Å². The van der Waals surface area contributed by atoms with Crippen molar-refractivity contribution < 1.29 is 4.79 Å². The number of halogens is 1. The summed E-state index contributed by atoms with van der Waals surface area (Å²) in [5.41, 5.74) is 1.28. The van der Waals surface area contributed by atoms with Gasteiger partial charge in [-0.3, -0.25) is 4.79 Å². The third-order valence-electron chi connectivity index (χ3n) is 3.30. The molecule has 17 heavy (non-hydrogen) atoms. The molecule has 0 aliphatic heterocycles. The molecule has 3 heteroatoms. The lowest BCUT2D eigenvalue weighted by Gasteiger charge is -2.20. The van der Waals surface area contributed by atoms with Crippen molar-refractivity contribution in [2.24, 2.45) is 5.92 Å². The average molecular weight is 296 g/mol. The molecule has 1 aromatic rings. The summed E-state index contributed by atoms with van der Waals surface area (Å²) in [6.45, 7) is 1.80. The number of carbonyl (C=O) groups excluding carboxylic acids is 1. The summed E-state index contributed by atoms with van der Waals surface area (Å²) in [5, 5.41) is 0. The molecule has 0 N–H and O–H groups in total. The van der Waals surface area contributed by atoms with Gasteiger partial charge in [0, 0.05) is 29.9 Å². The van der Waals surface area contributed by atoms with Crippen molar-refractivity contribution in [1.82, 2.24) is 4.90 Å². The van der Waals surface area contributed by atoms with Crippen molar-refractivity contribution in [1.29, 1.82) is 0 Å².